The maximum atomic E-state index is 5.63. The smallest absolute Gasteiger partial charge is 0.127 e. The lowest BCUT2D eigenvalue weighted by Crippen LogP contribution is -2.48. The van der Waals surface area contributed by atoms with Gasteiger partial charge in [0.2, 0.25) is 0 Å². The van der Waals surface area contributed by atoms with Crippen LogP contribution in [0.5, 0.6) is 11.5 Å². The fraction of sp³-hybridized carbons (Fsp3) is 0.647. The highest BCUT2D eigenvalue weighted by Crippen LogP contribution is 2.42. The van der Waals surface area contributed by atoms with E-state index in [0.717, 1.165) is 37.7 Å². The van der Waals surface area contributed by atoms with E-state index in [-0.39, 0.29) is 30.2 Å². The molecule has 1 aromatic rings. The number of halogens is 2. The van der Waals surface area contributed by atoms with Gasteiger partial charge in [-0.3, -0.25) is 4.90 Å². The lowest BCUT2D eigenvalue weighted by Gasteiger charge is -2.43. The van der Waals surface area contributed by atoms with Crippen molar-refractivity contribution in [1.29, 1.82) is 0 Å². The molecule has 1 aromatic carbocycles. The molecule has 0 unspecified atom stereocenters. The van der Waals surface area contributed by atoms with Crippen molar-refractivity contribution in [2.75, 3.05) is 40.4 Å². The van der Waals surface area contributed by atoms with Gasteiger partial charge in [0.1, 0.15) is 11.5 Å². The average Bonchev–Trinajstić information content (AvgIpc) is 2.47. The molecule has 1 heterocycles. The maximum absolute atomic E-state index is 5.63. The third-order valence-corrected chi connectivity index (χ3v) is 4.07. The fourth-order valence-corrected chi connectivity index (χ4v) is 3.20. The third-order valence-electron chi connectivity index (χ3n) is 4.07. The molecule has 1 atom stereocenters. The van der Waals surface area contributed by atoms with Crippen LogP contribution in [0.4, 0.5) is 0 Å². The van der Waals surface area contributed by atoms with Crippen molar-refractivity contribution in [1.82, 2.24) is 10.2 Å². The van der Waals surface area contributed by atoms with Crippen LogP contribution in [0.2, 0.25) is 0 Å². The number of nitrogens with zero attached hydrogens (tertiary/aromatic N) is 1. The minimum absolute atomic E-state index is 0. The summed E-state index contributed by atoms with van der Waals surface area (Å²) in [7, 11) is 3.42. The second-order valence-corrected chi connectivity index (χ2v) is 6.66. The molecule has 23 heavy (non-hydrogen) atoms. The molecular weight excluding hydrogens is 335 g/mol. The van der Waals surface area contributed by atoms with E-state index < -0.39 is 0 Å². The normalized spacial score (nSPS) is 16.7. The molecule has 0 spiro atoms. The molecule has 1 aliphatic heterocycles. The Morgan fingerprint density at radius 2 is 1.65 bits per heavy atom. The molecule has 0 saturated carbocycles. The number of hydrogen-bond acceptors (Lipinski definition) is 4. The summed E-state index contributed by atoms with van der Waals surface area (Å²) in [4.78, 5) is 2.56. The van der Waals surface area contributed by atoms with Gasteiger partial charge in [0.25, 0.3) is 0 Å². The highest BCUT2D eigenvalue weighted by molar-refractivity contribution is 5.85. The summed E-state index contributed by atoms with van der Waals surface area (Å²) in [6.07, 6.45) is 0. The molecule has 0 bridgehead atoms. The van der Waals surface area contributed by atoms with Gasteiger partial charge in [-0.15, -0.1) is 24.8 Å². The Bertz CT molecular complexity index is 472. The SMILES string of the molecule is COc1ccc([C@H](N2CCNCC2)C(C)(C)C)c(OC)c1.Cl.Cl. The van der Waals surface area contributed by atoms with Crippen LogP contribution in [0.3, 0.4) is 0 Å². The lowest BCUT2D eigenvalue weighted by molar-refractivity contribution is 0.0841. The van der Waals surface area contributed by atoms with Gasteiger partial charge in [0.15, 0.2) is 0 Å². The van der Waals surface area contributed by atoms with E-state index in [1.54, 1.807) is 14.2 Å². The van der Waals surface area contributed by atoms with Crippen LogP contribution in [-0.4, -0.2) is 45.3 Å². The second-order valence-electron chi connectivity index (χ2n) is 6.66. The Labute approximate surface area is 152 Å². The summed E-state index contributed by atoms with van der Waals surface area (Å²) in [5.74, 6) is 1.75. The Morgan fingerprint density at radius 1 is 1.04 bits per heavy atom. The van der Waals surface area contributed by atoms with Gasteiger partial charge in [-0.1, -0.05) is 26.8 Å². The third kappa shape index (κ3) is 5.42. The molecule has 0 aromatic heterocycles. The number of hydrogen-bond donors (Lipinski definition) is 1. The molecule has 0 aliphatic carbocycles. The Kier molecular flexibility index (Phi) is 9.29. The Hall–Kier alpha value is -0.680. The number of methoxy groups -OCH3 is 2. The maximum Gasteiger partial charge on any atom is 0.127 e. The van der Waals surface area contributed by atoms with E-state index in [1.807, 2.05) is 12.1 Å². The zero-order valence-corrected chi connectivity index (χ0v) is 16.4. The van der Waals surface area contributed by atoms with Gasteiger partial charge in [-0.05, 0) is 11.5 Å². The molecule has 1 fully saturated rings. The Balaban J connectivity index is 0.00000242. The van der Waals surface area contributed by atoms with E-state index in [0.29, 0.717) is 6.04 Å². The van der Waals surface area contributed by atoms with Crippen LogP contribution < -0.4 is 14.8 Å². The van der Waals surface area contributed by atoms with Crippen molar-refractivity contribution in [3.05, 3.63) is 23.8 Å². The standard InChI is InChI=1S/C17H28N2O2.2ClH/c1-17(2,3)16(19-10-8-18-9-11-19)14-7-6-13(20-4)12-15(14)21-5;;/h6-7,12,16,18H,8-11H2,1-5H3;2*1H/t16-;;/m0../s1. The van der Waals surface area contributed by atoms with Crippen LogP contribution in [-0.2, 0) is 0 Å². The van der Waals surface area contributed by atoms with Crippen molar-refractivity contribution in [3.8, 4) is 11.5 Å². The van der Waals surface area contributed by atoms with Crippen molar-refractivity contribution in [2.24, 2.45) is 5.41 Å². The van der Waals surface area contributed by atoms with E-state index in [4.69, 9.17) is 9.47 Å². The minimum atomic E-state index is 0. The lowest BCUT2D eigenvalue weighted by atomic mass is 9.80. The topological polar surface area (TPSA) is 33.7 Å². The molecule has 1 aliphatic rings. The van der Waals surface area contributed by atoms with Crippen molar-refractivity contribution < 1.29 is 9.47 Å². The van der Waals surface area contributed by atoms with Crippen LogP contribution in [0.25, 0.3) is 0 Å². The van der Waals surface area contributed by atoms with Crippen LogP contribution in [0.15, 0.2) is 18.2 Å². The summed E-state index contributed by atoms with van der Waals surface area (Å²) in [5.41, 5.74) is 1.38. The van der Waals surface area contributed by atoms with E-state index in [1.165, 1.54) is 5.56 Å². The largest absolute Gasteiger partial charge is 0.497 e. The molecule has 4 nitrogen and oxygen atoms in total. The van der Waals surface area contributed by atoms with Gasteiger partial charge in [-0.2, -0.15) is 0 Å². The summed E-state index contributed by atoms with van der Waals surface area (Å²) in [6.45, 7) is 11.1. The molecule has 1 saturated heterocycles. The zero-order chi connectivity index (χ0) is 15.5. The fourth-order valence-electron chi connectivity index (χ4n) is 3.20. The quantitative estimate of drug-likeness (QED) is 0.885. The highest BCUT2D eigenvalue weighted by Gasteiger charge is 2.34. The summed E-state index contributed by atoms with van der Waals surface area (Å²) in [5, 5.41) is 3.43. The second kappa shape index (κ2) is 9.58. The van der Waals surface area contributed by atoms with Crippen molar-refractivity contribution in [3.63, 3.8) is 0 Å². The number of nitrogens with one attached hydrogen (secondary N) is 1. The first-order chi connectivity index (χ1) is 9.97. The van der Waals surface area contributed by atoms with E-state index in [9.17, 15) is 0 Å². The van der Waals surface area contributed by atoms with E-state index in [2.05, 4.69) is 37.1 Å². The monoisotopic (exact) mass is 364 g/mol. The Morgan fingerprint density at radius 3 is 2.13 bits per heavy atom. The summed E-state index contributed by atoms with van der Waals surface area (Å²) < 4.78 is 11.0. The highest BCUT2D eigenvalue weighted by atomic mass is 35.5. The molecule has 0 radical (unpaired) electrons. The predicted molar refractivity (Wildman–Crippen MR) is 101 cm³/mol. The summed E-state index contributed by atoms with van der Waals surface area (Å²) in [6, 6.07) is 6.49. The number of ether oxygens (including phenoxy) is 2. The minimum Gasteiger partial charge on any atom is -0.497 e. The van der Waals surface area contributed by atoms with E-state index >= 15 is 0 Å². The number of rotatable bonds is 4. The van der Waals surface area contributed by atoms with Crippen LogP contribution in [0.1, 0.15) is 32.4 Å². The summed E-state index contributed by atoms with van der Waals surface area (Å²) >= 11 is 0. The van der Waals surface area contributed by atoms with Gasteiger partial charge in [-0.25, -0.2) is 0 Å². The van der Waals surface area contributed by atoms with Crippen molar-refractivity contribution in [2.45, 2.75) is 26.8 Å². The van der Waals surface area contributed by atoms with Gasteiger partial charge < -0.3 is 14.8 Å². The number of benzene rings is 1. The predicted octanol–water partition coefficient (Wildman–Crippen LogP) is 3.54. The molecule has 6 heteroatoms. The molecule has 134 valence electrons. The average molecular weight is 365 g/mol. The van der Waals surface area contributed by atoms with Gasteiger partial charge in [0, 0.05) is 43.9 Å². The first kappa shape index (κ1) is 22.3. The molecular formula is C17H30Cl2N2O2. The van der Waals surface area contributed by atoms with Gasteiger partial charge >= 0.3 is 0 Å². The zero-order valence-electron chi connectivity index (χ0n) is 14.7. The molecule has 1 N–H and O–H groups in total. The number of piperazine rings is 1. The van der Waals surface area contributed by atoms with Gasteiger partial charge in [0.05, 0.1) is 14.2 Å². The molecule has 2 rings (SSSR count). The van der Waals surface area contributed by atoms with Crippen molar-refractivity contribution >= 4 is 24.8 Å². The molecule has 0 amide bonds. The first-order valence-corrected chi connectivity index (χ1v) is 7.64. The van der Waals surface area contributed by atoms with Crippen LogP contribution in [0, 0.1) is 5.41 Å². The van der Waals surface area contributed by atoms with Crippen LogP contribution >= 0.6 is 24.8 Å². The first-order valence-electron chi connectivity index (χ1n) is 7.64.